The molecule has 3 rings (SSSR count). The van der Waals surface area contributed by atoms with Gasteiger partial charge in [-0.25, -0.2) is 9.97 Å². The molecule has 0 amide bonds. The van der Waals surface area contributed by atoms with Crippen molar-refractivity contribution in [2.75, 3.05) is 0 Å². The van der Waals surface area contributed by atoms with Gasteiger partial charge in [0, 0.05) is 36.4 Å². The summed E-state index contributed by atoms with van der Waals surface area (Å²) in [7, 11) is 0. The van der Waals surface area contributed by atoms with Crippen molar-refractivity contribution >= 4 is 11.0 Å². The van der Waals surface area contributed by atoms with Crippen LogP contribution in [0.25, 0.3) is 22.4 Å². The first-order valence-electron chi connectivity index (χ1n) is 5.09. The molecule has 82 valence electrons. The molecule has 0 spiro atoms. The molecule has 0 radical (unpaired) electrons. The highest BCUT2D eigenvalue weighted by molar-refractivity contribution is 5.75. The zero-order chi connectivity index (χ0) is 11.7. The van der Waals surface area contributed by atoms with Gasteiger partial charge in [-0.15, -0.1) is 0 Å². The summed E-state index contributed by atoms with van der Waals surface area (Å²) >= 11 is 0. The Hall–Kier alpha value is -2.56. The number of hydrogen-bond donors (Lipinski definition) is 1. The fourth-order valence-corrected chi connectivity index (χ4v) is 1.60. The van der Waals surface area contributed by atoms with Crippen LogP contribution in [-0.2, 0) is 0 Å². The third-order valence-electron chi connectivity index (χ3n) is 2.45. The molecule has 3 heterocycles. The number of fused-ring (bicyclic) bond motifs is 1. The largest absolute Gasteiger partial charge is 0.346 e. The zero-order valence-corrected chi connectivity index (χ0v) is 8.79. The van der Waals surface area contributed by atoms with Crippen LogP contribution in [0.3, 0.4) is 0 Å². The Bertz CT molecular complexity index is 721. The Morgan fingerprint density at radius 1 is 1.12 bits per heavy atom. The lowest BCUT2D eigenvalue weighted by molar-refractivity contribution is 1.17. The standard InChI is InChI=1S/C12H8N4O/c17-10-3-6-14-12-9(10)7-15-11(16-12)8-1-4-13-5-2-8/h1-7H,(H,14,15,16,17). The molecule has 0 aliphatic carbocycles. The molecule has 0 bridgehead atoms. The SMILES string of the molecule is O=c1cc[nH]c2nc(-c3ccncc3)ncc12. The van der Waals surface area contributed by atoms with Gasteiger partial charge in [0.1, 0.15) is 5.65 Å². The second-order valence-electron chi connectivity index (χ2n) is 3.53. The van der Waals surface area contributed by atoms with Crippen molar-refractivity contribution in [1.82, 2.24) is 19.9 Å². The summed E-state index contributed by atoms with van der Waals surface area (Å²) in [5, 5.41) is 0.491. The number of pyridine rings is 2. The van der Waals surface area contributed by atoms with Crippen molar-refractivity contribution in [2.45, 2.75) is 0 Å². The molecule has 5 heteroatoms. The van der Waals surface area contributed by atoms with E-state index in [4.69, 9.17) is 0 Å². The van der Waals surface area contributed by atoms with Crippen LogP contribution in [0.15, 0.2) is 47.8 Å². The lowest BCUT2D eigenvalue weighted by Crippen LogP contribution is -2.03. The maximum absolute atomic E-state index is 11.5. The number of rotatable bonds is 1. The predicted octanol–water partition coefficient (Wildman–Crippen LogP) is 1.38. The highest BCUT2D eigenvalue weighted by Gasteiger charge is 2.04. The summed E-state index contributed by atoms with van der Waals surface area (Å²) in [6, 6.07) is 5.10. The molecule has 0 fully saturated rings. The van der Waals surface area contributed by atoms with E-state index in [1.807, 2.05) is 12.1 Å². The Labute approximate surface area is 96.2 Å². The minimum Gasteiger partial charge on any atom is -0.346 e. The average molecular weight is 224 g/mol. The van der Waals surface area contributed by atoms with Crippen LogP contribution in [0, 0.1) is 0 Å². The fourth-order valence-electron chi connectivity index (χ4n) is 1.60. The van der Waals surface area contributed by atoms with Crippen molar-refractivity contribution in [3.05, 3.63) is 53.2 Å². The van der Waals surface area contributed by atoms with E-state index in [9.17, 15) is 4.79 Å². The van der Waals surface area contributed by atoms with Crippen LogP contribution < -0.4 is 5.43 Å². The molecule has 0 aliphatic rings. The molecule has 5 nitrogen and oxygen atoms in total. The quantitative estimate of drug-likeness (QED) is 0.677. The topological polar surface area (TPSA) is 71.5 Å². The lowest BCUT2D eigenvalue weighted by atomic mass is 10.2. The van der Waals surface area contributed by atoms with E-state index in [1.165, 1.54) is 12.3 Å². The van der Waals surface area contributed by atoms with E-state index < -0.39 is 0 Å². The van der Waals surface area contributed by atoms with Gasteiger partial charge in [-0.05, 0) is 12.1 Å². The van der Waals surface area contributed by atoms with Crippen molar-refractivity contribution in [3.8, 4) is 11.4 Å². The minimum absolute atomic E-state index is 0.0833. The van der Waals surface area contributed by atoms with Gasteiger partial charge < -0.3 is 4.98 Å². The highest BCUT2D eigenvalue weighted by Crippen LogP contribution is 2.14. The zero-order valence-electron chi connectivity index (χ0n) is 8.79. The number of hydrogen-bond acceptors (Lipinski definition) is 4. The van der Waals surface area contributed by atoms with E-state index >= 15 is 0 Å². The third kappa shape index (κ3) is 1.67. The molecule has 3 aromatic heterocycles. The van der Waals surface area contributed by atoms with Crippen molar-refractivity contribution in [3.63, 3.8) is 0 Å². The molecule has 0 saturated heterocycles. The van der Waals surface area contributed by atoms with Gasteiger partial charge in [-0.1, -0.05) is 0 Å². The molecule has 0 aliphatic heterocycles. The molecule has 0 saturated carbocycles. The first kappa shape index (κ1) is 9.65. The fraction of sp³-hybridized carbons (Fsp3) is 0. The summed E-state index contributed by atoms with van der Waals surface area (Å²) in [6.07, 6.45) is 6.47. The summed E-state index contributed by atoms with van der Waals surface area (Å²) < 4.78 is 0. The van der Waals surface area contributed by atoms with Gasteiger partial charge in [-0.3, -0.25) is 9.78 Å². The van der Waals surface area contributed by atoms with Gasteiger partial charge in [0.15, 0.2) is 11.3 Å². The highest BCUT2D eigenvalue weighted by atomic mass is 16.1. The number of H-pyrrole nitrogens is 1. The Kier molecular flexibility index (Phi) is 2.15. The van der Waals surface area contributed by atoms with E-state index in [1.54, 1.807) is 18.6 Å². The van der Waals surface area contributed by atoms with Crippen molar-refractivity contribution in [2.24, 2.45) is 0 Å². The Balaban J connectivity index is 2.25. The first-order chi connectivity index (χ1) is 8.34. The maximum Gasteiger partial charge on any atom is 0.192 e. The lowest BCUT2D eigenvalue weighted by Gasteiger charge is -2.00. The van der Waals surface area contributed by atoms with Crippen LogP contribution in [0.5, 0.6) is 0 Å². The molecule has 1 N–H and O–H groups in total. The molecule has 3 aromatic rings. The van der Waals surface area contributed by atoms with Gasteiger partial charge >= 0.3 is 0 Å². The molecule has 17 heavy (non-hydrogen) atoms. The van der Waals surface area contributed by atoms with Gasteiger partial charge in [0.2, 0.25) is 0 Å². The maximum atomic E-state index is 11.5. The third-order valence-corrected chi connectivity index (χ3v) is 2.45. The van der Waals surface area contributed by atoms with Crippen LogP contribution in [-0.4, -0.2) is 19.9 Å². The van der Waals surface area contributed by atoms with E-state index in [0.717, 1.165) is 5.56 Å². The van der Waals surface area contributed by atoms with Gasteiger partial charge in [-0.2, -0.15) is 0 Å². The van der Waals surface area contributed by atoms with E-state index in [0.29, 0.717) is 16.9 Å². The van der Waals surface area contributed by atoms with Gasteiger partial charge in [0.25, 0.3) is 0 Å². The summed E-state index contributed by atoms with van der Waals surface area (Å²) in [4.78, 5) is 26.9. The molecule has 0 aromatic carbocycles. The monoisotopic (exact) mass is 224 g/mol. The Morgan fingerprint density at radius 3 is 2.76 bits per heavy atom. The molecule has 0 unspecified atom stereocenters. The second kappa shape index (κ2) is 3.79. The van der Waals surface area contributed by atoms with Crippen LogP contribution >= 0.6 is 0 Å². The first-order valence-corrected chi connectivity index (χ1v) is 5.09. The molecule has 0 atom stereocenters. The number of aromatic nitrogens is 4. The van der Waals surface area contributed by atoms with E-state index in [-0.39, 0.29) is 5.43 Å². The van der Waals surface area contributed by atoms with Crippen molar-refractivity contribution < 1.29 is 0 Å². The summed E-state index contributed by atoms with van der Waals surface area (Å²) in [5.41, 5.74) is 1.32. The normalized spacial score (nSPS) is 10.6. The summed E-state index contributed by atoms with van der Waals surface area (Å²) in [5.74, 6) is 0.571. The second-order valence-corrected chi connectivity index (χ2v) is 3.53. The number of aromatic amines is 1. The van der Waals surface area contributed by atoms with Gasteiger partial charge in [0.05, 0.1) is 5.39 Å². The minimum atomic E-state index is -0.0833. The summed E-state index contributed by atoms with van der Waals surface area (Å²) in [6.45, 7) is 0. The number of nitrogens with one attached hydrogen (secondary N) is 1. The smallest absolute Gasteiger partial charge is 0.192 e. The molecular weight excluding hydrogens is 216 g/mol. The Morgan fingerprint density at radius 2 is 1.94 bits per heavy atom. The molecular formula is C12H8N4O. The predicted molar refractivity (Wildman–Crippen MR) is 63.4 cm³/mol. The van der Waals surface area contributed by atoms with Crippen LogP contribution in [0.2, 0.25) is 0 Å². The average Bonchev–Trinajstić information content (AvgIpc) is 2.40. The van der Waals surface area contributed by atoms with E-state index in [2.05, 4.69) is 19.9 Å². The van der Waals surface area contributed by atoms with Crippen LogP contribution in [0.1, 0.15) is 0 Å². The van der Waals surface area contributed by atoms with Crippen LogP contribution in [0.4, 0.5) is 0 Å². The van der Waals surface area contributed by atoms with Crippen molar-refractivity contribution in [1.29, 1.82) is 0 Å². The number of nitrogens with zero attached hydrogens (tertiary/aromatic N) is 3.